The molecule has 7 heteroatoms. The molecule has 0 aliphatic rings. The van der Waals surface area contributed by atoms with Gasteiger partial charge in [-0.2, -0.15) is 9.61 Å². The van der Waals surface area contributed by atoms with Crippen LogP contribution in [0.3, 0.4) is 0 Å². The SMILES string of the molecule is Fc1ccc(-c2nnc3ccc(Cl)nn23)c(I)c1. The fourth-order valence-corrected chi connectivity index (χ4v) is 2.46. The van der Waals surface area contributed by atoms with Crippen LogP contribution in [0.1, 0.15) is 0 Å². The van der Waals surface area contributed by atoms with Gasteiger partial charge in [-0.05, 0) is 52.9 Å². The molecule has 0 bridgehead atoms. The molecule has 2 aromatic heterocycles. The fraction of sp³-hybridized carbons (Fsp3) is 0. The zero-order chi connectivity index (χ0) is 12.7. The molecular formula is C11H5ClFIN4. The summed E-state index contributed by atoms with van der Waals surface area (Å²) in [7, 11) is 0. The van der Waals surface area contributed by atoms with E-state index < -0.39 is 0 Å². The van der Waals surface area contributed by atoms with E-state index in [4.69, 9.17) is 11.6 Å². The van der Waals surface area contributed by atoms with E-state index in [2.05, 4.69) is 15.3 Å². The lowest BCUT2D eigenvalue weighted by atomic mass is 10.2. The first-order valence-corrected chi connectivity index (χ1v) is 6.44. The molecule has 0 aliphatic carbocycles. The van der Waals surface area contributed by atoms with Crippen LogP contribution in [0.4, 0.5) is 4.39 Å². The van der Waals surface area contributed by atoms with Gasteiger partial charge in [0.1, 0.15) is 11.0 Å². The van der Waals surface area contributed by atoms with Gasteiger partial charge in [-0.15, -0.1) is 10.2 Å². The topological polar surface area (TPSA) is 43.1 Å². The summed E-state index contributed by atoms with van der Waals surface area (Å²) in [6, 6.07) is 7.83. The first-order chi connectivity index (χ1) is 8.65. The number of benzene rings is 1. The average Bonchev–Trinajstić information content (AvgIpc) is 2.72. The fourth-order valence-electron chi connectivity index (χ4n) is 1.61. The summed E-state index contributed by atoms with van der Waals surface area (Å²) < 4.78 is 15.4. The summed E-state index contributed by atoms with van der Waals surface area (Å²) >= 11 is 7.90. The van der Waals surface area contributed by atoms with Gasteiger partial charge >= 0.3 is 0 Å². The molecule has 0 saturated heterocycles. The number of aromatic nitrogens is 4. The summed E-state index contributed by atoms with van der Waals surface area (Å²) in [5.41, 5.74) is 1.36. The summed E-state index contributed by atoms with van der Waals surface area (Å²) in [6.45, 7) is 0. The van der Waals surface area contributed by atoms with Gasteiger partial charge in [-0.25, -0.2) is 4.39 Å². The molecule has 0 spiro atoms. The van der Waals surface area contributed by atoms with E-state index in [9.17, 15) is 4.39 Å². The predicted molar refractivity (Wildman–Crippen MR) is 73.9 cm³/mol. The van der Waals surface area contributed by atoms with Crippen LogP contribution in [0, 0.1) is 9.39 Å². The second kappa shape index (κ2) is 4.43. The van der Waals surface area contributed by atoms with Gasteiger partial charge in [0, 0.05) is 9.13 Å². The van der Waals surface area contributed by atoms with Crippen LogP contribution < -0.4 is 0 Å². The molecule has 0 N–H and O–H groups in total. The van der Waals surface area contributed by atoms with Crippen LogP contribution in [0.15, 0.2) is 30.3 Å². The normalized spacial score (nSPS) is 11.1. The highest BCUT2D eigenvalue weighted by atomic mass is 127. The number of fused-ring (bicyclic) bond motifs is 1. The molecule has 0 saturated carbocycles. The van der Waals surface area contributed by atoms with Gasteiger partial charge in [0.15, 0.2) is 11.5 Å². The molecule has 18 heavy (non-hydrogen) atoms. The standard InChI is InChI=1S/C11H5ClFIN4/c12-9-3-4-10-15-16-11(18(10)17-9)7-2-1-6(13)5-8(7)14/h1-5H. The van der Waals surface area contributed by atoms with Crippen molar-refractivity contribution in [2.45, 2.75) is 0 Å². The third-order valence-corrected chi connectivity index (χ3v) is 3.50. The smallest absolute Gasteiger partial charge is 0.186 e. The third kappa shape index (κ3) is 1.95. The zero-order valence-electron chi connectivity index (χ0n) is 8.81. The minimum atomic E-state index is -0.289. The Morgan fingerprint density at radius 3 is 2.78 bits per heavy atom. The number of halogens is 3. The lowest BCUT2D eigenvalue weighted by Crippen LogP contribution is -1.96. The van der Waals surface area contributed by atoms with Crippen molar-refractivity contribution < 1.29 is 4.39 Å². The highest BCUT2D eigenvalue weighted by Gasteiger charge is 2.13. The summed E-state index contributed by atoms with van der Waals surface area (Å²) in [6.07, 6.45) is 0. The Morgan fingerprint density at radius 2 is 2.00 bits per heavy atom. The summed E-state index contributed by atoms with van der Waals surface area (Å²) in [5.74, 6) is 0.250. The molecule has 0 aliphatic heterocycles. The van der Waals surface area contributed by atoms with E-state index in [1.165, 1.54) is 16.6 Å². The maximum Gasteiger partial charge on any atom is 0.186 e. The van der Waals surface area contributed by atoms with Crippen molar-refractivity contribution in [3.63, 3.8) is 0 Å². The van der Waals surface area contributed by atoms with E-state index in [-0.39, 0.29) is 5.82 Å². The Morgan fingerprint density at radius 1 is 1.17 bits per heavy atom. The minimum absolute atomic E-state index is 0.289. The number of hydrogen-bond acceptors (Lipinski definition) is 3. The van der Waals surface area contributed by atoms with Gasteiger partial charge in [0.05, 0.1) is 0 Å². The summed E-state index contributed by atoms with van der Waals surface area (Å²) in [4.78, 5) is 0. The van der Waals surface area contributed by atoms with Crippen LogP contribution in [0.25, 0.3) is 17.0 Å². The van der Waals surface area contributed by atoms with Crippen LogP contribution in [0.5, 0.6) is 0 Å². The second-order valence-electron chi connectivity index (χ2n) is 3.57. The Bertz CT molecular complexity index is 743. The quantitative estimate of drug-likeness (QED) is 0.615. The maximum atomic E-state index is 13.1. The average molecular weight is 375 g/mol. The molecule has 0 radical (unpaired) electrons. The van der Waals surface area contributed by atoms with Crippen LogP contribution >= 0.6 is 34.2 Å². The number of nitrogens with zero attached hydrogens (tertiary/aromatic N) is 4. The second-order valence-corrected chi connectivity index (χ2v) is 5.12. The predicted octanol–water partition coefficient (Wildman–Crippen LogP) is 3.19. The van der Waals surface area contributed by atoms with E-state index >= 15 is 0 Å². The van der Waals surface area contributed by atoms with Crippen LogP contribution in [-0.2, 0) is 0 Å². The molecule has 90 valence electrons. The summed E-state index contributed by atoms with van der Waals surface area (Å²) in [5, 5.41) is 12.5. The molecule has 0 unspecified atom stereocenters. The van der Waals surface area contributed by atoms with Gasteiger partial charge < -0.3 is 0 Å². The van der Waals surface area contributed by atoms with E-state index in [1.54, 1.807) is 18.2 Å². The first kappa shape index (κ1) is 11.8. The molecular weight excluding hydrogens is 370 g/mol. The van der Waals surface area contributed by atoms with Gasteiger partial charge in [-0.3, -0.25) is 0 Å². The third-order valence-electron chi connectivity index (χ3n) is 2.40. The van der Waals surface area contributed by atoms with Crippen molar-refractivity contribution >= 4 is 39.8 Å². The van der Waals surface area contributed by atoms with Crippen molar-refractivity contribution in [1.82, 2.24) is 19.8 Å². The van der Waals surface area contributed by atoms with Gasteiger partial charge in [0.25, 0.3) is 0 Å². The van der Waals surface area contributed by atoms with E-state index in [1.807, 2.05) is 22.6 Å². The zero-order valence-corrected chi connectivity index (χ0v) is 11.7. The molecule has 4 nitrogen and oxygen atoms in total. The lowest BCUT2D eigenvalue weighted by Gasteiger charge is -2.02. The Balaban J connectivity index is 2.28. The molecule has 2 heterocycles. The monoisotopic (exact) mass is 374 g/mol. The van der Waals surface area contributed by atoms with Crippen molar-refractivity contribution in [2.24, 2.45) is 0 Å². The largest absolute Gasteiger partial charge is 0.207 e. The number of rotatable bonds is 1. The Hall–Kier alpha value is -1.28. The highest BCUT2D eigenvalue weighted by molar-refractivity contribution is 14.1. The van der Waals surface area contributed by atoms with Crippen LogP contribution in [0.2, 0.25) is 5.15 Å². The molecule has 3 aromatic rings. The highest BCUT2D eigenvalue weighted by Crippen LogP contribution is 2.24. The first-order valence-electron chi connectivity index (χ1n) is 4.98. The number of hydrogen-bond donors (Lipinski definition) is 0. The minimum Gasteiger partial charge on any atom is -0.207 e. The molecule has 0 atom stereocenters. The molecule has 3 rings (SSSR count). The van der Waals surface area contributed by atoms with Crippen molar-refractivity contribution in [3.8, 4) is 11.4 Å². The molecule has 0 fully saturated rings. The Kier molecular flexibility index (Phi) is 2.90. The van der Waals surface area contributed by atoms with Crippen molar-refractivity contribution in [1.29, 1.82) is 0 Å². The van der Waals surface area contributed by atoms with Crippen LogP contribution in [-0.4, -0.2) is 19.8 Å². The van der Waals surface area contributed by atoms with Gasteiger partial charge in [-0.1, -0.05) is 11.6 Å². The van der Waals surface area contributed by atoms with E-state index in [0.29, 0.717) is 16.6 Å². The van der Waals surface area contributed by atoms with E-state index in [0.717, 1.165) is 9.13 Å². The van der Waals surface area contributed by atoms with Crippen molar-refractivity contribution in [3.05, 3.63) is 44.9 Å². The van der Waals surface area contributed by atoms with Gasteiger partial charge in [0.2, 0.25) is 0 Å². The molecule has 1 aromatic carbocycles. The lowest BCUT2D eigenvalue weighted by molar-refractivity contribution is 0.627. The Labute approximate surface area is 120 Å². The molecule has 0 amide bonds. The maximum absolute atomic E-state index is 13.1. The van der Waals surface area contributed by atoms with Crippen molar-refractivity contribution in [2.75, 3.05) is 0 Å².